The summed E-state index contributed by atoms with van der Waals surface area (Å²) < 4.78 is 14.3. The zero-order chi connectivity index (χ0) is 15.0. The molecule has 0 spiro atoms. The van der Waals surface area contributed by atoms with Crippen molar-refractivity contribution in [2.75, 3.05) is 14.1 Å². The molecule has 0 saturated carbocycles. The third-order valence-corrected chi connectivity index (χ3v) is 3.40. The number of carbonyl (C=O) groups is 3. The molecule has 0 radical (unpaired) electrons. The van der Waals surface area contributed by atoms with Gasteiger partial charge in [0.15, 0.2) is 0 Å². The Labute approximate surface area is 122 Å². The van der Waals surface area contributed by atoms with Gasteiger partial charge in [0.05, 0.1) is 0 Å². The molecule has 1 heterocycles. The van der Waals surface area contributed by atoms with E-state index in [4.69, 9.17) is 0 Å². The number of halogens is 2. The summed E-state index contributed by atoms with van der Waals surface area (Å²) in [6.45, 7) is 0. The first kappa shape index (κ1) is 14.4. The highest BCUT2D eigenvalue weighted by atomic mass is 79.9. The van der Waals surface area contributed by atoms with Crippen LogP contribution in [0.1, 0.15) is 5.56 Å². The minimum Gasteiger partial charge on any atom is -0.268 e. The van der Waals surface area contributed by atoms with E-state index in [1.165, 1.54) is 26.2 Å². The van der Waals surface area contributed by atoms with Crippen molar-refractivity contribution < 1.29 is 18.8 Å². The minimum absolute atomic E-state index is 0.0982. The maximum atomic E-state index is 13.7. The molecule has 0 unspecified atom stereocenters. The highest BCUT2D eigenvalue weighted by molar-refractivity contribution is 9.10. The van der Waals surface area contributed by atoms with Crippen molar-refractivity contribution in [3.63, 3.8) is 0 Å². The molecule has 1 saturated heterocycles. The zero-order valence-electron chi connectivity index (χ0n) is 10.7. The van der Waals surface area contributed by atoms with Gasteiger partial charge in [0.2, 0.25) is 0 Å². The van der Waals surface area contributed by atoms with Crippen molar-refractivity contribution in [2.45, 2.75) is 0 Å². The molecule has 2 rings (SSSR count). The average Bonchev–Trinajstić information content (AvgIpc) is 2.41. The second-order valence-electron chi connectivity index (χ2n) is 4.23. The number of amides is 4. The van der Waals surface area contributed by atoms with Crippen LogP contribution in [0.15, 0.2) is 28.2 Å². The monoisotopic (exact) mass is 340 g/mol. The Kier molecular flexibility index (Phi) is 3.71. The van der Waals surface area contributed by atoms with Crippen molar-refractivity contribution in [2.24, 2.45) is 0 Å². The number of hydrogen-bond acceptors (Lipinski definition) is 3. The summed E-state index contributed by atoms with van der Waals surface area (Å²) in [5, 5.41) is 0. The summed E-state index contributed by atoms with van der Waals surface area (Å²) in [4.78, 5) is 37.0. The number of urea groups is 1. The Hall–Kier alpha value is -2.02. The molecule has 4 amide bonds. The Morgan fingerprint density at radius 2 is 1.65 bits per heavy atom. The summed E-state index contributed by atoms with van der Waals surface area (Å²) >= 11 is 3.12. The van der Waals surface area contributed by atoms with E-state index in [0.29, 0.717) is 4.47 Å². The van der Waals surface area contributed by atoms with Gasteiger partial charge in [-0.1, -0.05) is 22.0 Å². The molecule has 0 aromatic heterocycles. The third-order valence-electron chi connectivity index (χ3n) is 2.91. The molecule has 7 heteroatoms. The Morgan fingerprint density at radius 1 is 1.10 bits per heavy atom. The number of hydrogen-bond donors (Lipinski definition) is 0. The van der Waals surface area contributed by atoms with Gasteiger partial charge in [-0.3, -0.25) is 19.4 Å². The summed E-state index contributed by atoms with van der Waals surface area (Å²) in [6.07, 6.45) is 1.14. The van der Waals surface area contributed by atoms with Crippen molar-refractivity contribution in [3.05, 3.63) is 39.6 Å². The fraction of sp³-hybridized carbons (Fsp3) is 0.154. The molecule has 20 heavy (non-hydrogen) atoms. The Balaban J connectivity index is 2.49. The molecule has 0 bridgehead atoms. The highest BCUT2D eigenvalue weighted by Crippen LogP contribution is 2.21. The van der Waals surface area contributed by atoms with Gasteiger partial charge in [-0.25, -0.2) is 9.18 Å². The molecule has 0 aliphatic carbocycles. The number of nitrogens with zero attached hydrogens (tertiary/aromatic N) is 2. The fourth-order valence-corrected chi connectivity index (χ4v) is 2.08. The van der Waals surface area contributed by atoms with Gasteiger partial charge >= 0.3 is 6.03 Å². The maximum absolute atomic E-state index is 13.7. The lowest BCUT2D eigenvalue weighted by molar-refractivity contribution is -0.134. The molecular formula is C13H10BrFN2O3. The maximum Gasteiger partial charge on any atom is 0.333 e. The van der Waals surface area contributed by atoms with E-state index in [0.717, 1.165) is 15.9 Å². The van der Waals surface area contributed by atoms with Crippen LogP contribution in [0.5, 0.6) is 0 Å². The standard InChI is InChI=1S/C13H10BrFN2O3/c1-16-11(18)9(12(19)17(2)13(16)20)5-7-3-4-8(14)6-10(7)15/h3-6H,1-2H3. The summed E-state index contributed by atoms with van der Waals surface area (Å²) in [5.41, 5.74) is -0.156. The highest BCUT2D eigenvalue weighted by Gasteiger charge is 2.37. The smallest absolute Gasteiger partial charge is 0.268 e. The normalized spacial score (nSPS) is 16.0. The molecule has 104 valence electrons. The van der Waals surface area contributed by atoms with Gasteiger partial charge in [-0.2, -0.15) is 0 Å². The van der Waals surface area contributed by atoms with Crippen molar-refractivity contribution >= 4 is 39.9 Å². The summed E-state index contributed by atoms with van der Waals surface area (Å²) in [6, 6.07) is 3.53. The minimum atomic E-state index is -0.750. The van der Waals surface area contributed by atoms with Crippen molar-refractivity contribution in [3.8, 4) is 0 Å². The van der Waals surface area contributed by atoms with E-state index < -0.39 is 23.7 Å². The molecule has 1 aliphatic heterocycles. The predicted molar refractivity (Wildman–Crippen MR) is 73.0 cm³/mol. The van der Waals surface area contributed by atoms with Crippen LogP contribution in [0.25, 0.3) is 6.08 Å². The van der Waals surface area contributed by atoms with Crippen molar-refractivity contribution in [1.29, 1.82) is 0 Å². The number of barbiturate groups is 1. The van der Waals surface area contributed by atoms with Gasteiger partial charge in [-0.15, -0.1) is 0 Å². The first-order valence-corrected chi connectivity index (χ1v) is 6.39. The van der Waals surface area contributed by atoms with Gasteiger partial charge in [-0.05, 0) is 18.2 Å². The molecule has 5 nitrogen and oxygen atoms in total. The Bertz CT molecular complexity index is 631. The van der Waals surface area contributed by atoms with Crippen LogP contribution < -0.4 is 0 Å². The Morgan fingerprint density at radius 3 is 2.15 bits per heavy atom. The fourth-order valence-electron chi connectivity index (χ4n) is 1.75. The SMILES string of the molecule is CN1C(=O)C(=Cc2ccc(Br)cc2F)C(=O)N(C)C1=O. The number of likely N-dealkylation sites (N-methyl/N-ethyl adjacent to an activating group) is 2. The lowest BCUT2D eigenvalue weighted by Crippen LogP contribution is -2.52. The number of carbonyl (C=O) groups excluding carboxylic acids is 3. The van der Waals surface area contributed by atoms with Crippen LogP contribution in [-0.2, 0) is 9.59 Å². The molecule has 1 aliphatic rings. The first-order chi connectivity index (χ1) is 9.32. The molecular weight excluding hydrogens is 331 g/mol. The number of imide groups is 2. The van der Waals surface area contributed by atoms with E-state index in [2.05, 4.69) is 15.9 Å². The quantitative estimate of drug-likeness (QED) is 0.580. The molecule has 1 fully saturated rings. The largest absolute Gasteiger partial charge is 0.333 e. The number of rotatable bonds is 1. The first-order valence-electron chi connectivity index (χ1n) is 5.59. The summed E-state index contributed by atoms with van der Waals surface area (Å²) in [7, 11) is 2.53. The van der Waals surface area contributed by atoms with Gasteiger partial charge in [0.1, 0.15) is 11.4 Å². The van der Waals surface area contributed by atoms with Crippen LogP contribution >= 0.6 is 15.9 Å². The van der Waals surface area contributed by atoms with E-state index in [-0.39, 0.29) is 11.1 Å². The van der Waals surface area contributed by atoms with Crippen LogP contribution in [0.2, 0.25) is 0 Å². The summed E-state index contributed by atoms with van der Waals surface area (Å²) in [5.74, 6) is -2.07. The lowest BCUT2D eigenvalue weighted by atomic mass is 10.1. The number of benzene rings is 1. The molecule has 1 aromatic rings. The van der Waals surface area contributed by atoms with E-state index in [1.54, 1.807) is 6.07 Å². The van der Waals surface area contributed by atoms with E-state index in [9.17, 15) is 18.8 Å². The lowest BCUT2D eigenvalue weighted by Gasteiger charge is -2.28. The van der Waals surface area contributed by atoms with Crippen LogP contribution in [0, 0.1) is 5.82 Å². The predicted octanol–water partition coefficient (Wildman–Crippen LogP) is 2.02. The van der Waals surface area contributed by atoms with E-state index in [1.807, 2.05) is 0 Å². The van der Waals surface area contributed by atoms with Crippen molar-refractivity contribution in [1.82, 2.24) is 9.80 Å². The van der Waals surface area contributed by atoms with Crippen LogP contribution in [0.3, 0.4) is 0 Å². The molecule has 0 atom stereocenters. The topological polar surface area (TPSA) is 57.7 Å². The second kappa shape index (κ2) is 5.16. The van der Waals surface area contributed by atoms with Gasteiger partial charge < -0.3 is 0 Å². The molecule has 1 aromatic carbocycles. The van der Waals surface area contributed by atoms with Crippen LogP contribution in [-0.4, -0.2) is 41.7 Å². The second-order valence-corrected chi connectivity index (χ2v) is 5.15. The average molecular weight is 341 g/mol. The van der Waals surface area contributed by atoms with E-state index >= 15 is 0 Å². The molecule has 0 N–H and O–H groups in total. The zero-order valence-corrected chi connectivity index (χ0v) is 12.3. The van der Waals surface area contributed by atoms with Gasteiger partial charge in [0, 0.05) is 24.1 Å². The third kappa shape index (κ3) is 2.36. The van der Waals surface area contributed by atoms with Gasteiger partial charge in [0.25, 0.3) is 11.8 Å². The van der Waals surface area contributed by atoms with Crippen LogP contribution in [0.4, 0.5) is 9.18 Å².